The van der Waals surface area contributed by atoms with Crippen LogP contribution in [0, 0.1) is 0 Å². The molecular formula is C12H17N5O2. The first-order valence-corrected chi connectivity index (χ1v) is 6.30. The molecule has 1 atom stereocenters. The molecule has 0 aromatic carbocycles. The van der Waals surface area contributed by atoms with Gasteiger partial charge in [-0.15, -0.1) is 10.2 Å². The van der Waals surface area contributed by atoms with Crippen molar-refractivity contribution in [3.63, 3.8) is 0 Å². The highest BCUT2D eigenvalue weighted by molar-refractivity contribution is 5.47. The number of hydrogen-bond donors (Lipinski definition) is 1. The van der Waals surface area contributed by atoms with Crippen LogP contribution in [-0.4, -0.2) is 51.0 Å². The number of rotatable bonds is 3. The lowest BCUT2D eigenvalue weighted by Gasteiger charge is -2.36. The van der Waals surface area contributed by atoms with E-state index in [2.05, 4.69) is 34.3 Å². The second kappa shape index (κ2) is 4.75. The largest absolute Gasteiger partial charge is 0.472 e. The van der Waals surface area contributed by atoms with Gasteiger partial charge in [-0.3, -0.25) is 4.40 Å². The summed E-state index contributed by atoms with van der Waals surface area (Å²) < 4.78 is 13.4. The maximum Gasteiger partial charge on any atom is 0.260 e. The highest BCUT2D eigenvalue weighted by Crippen LogP contribution is 2.17. The first kappa shape index (κ1) is 12.3. The lowest BCUT2D eigenvalue weighted by molar-refractivity contribution is -0.107. The molecule has 2 aromatic heterocycles. The Morgan fingerprint density at radius 2 is 2.47 bits per heavy atom. The van der Waals surface area contributed by atoms with Gasteiger partial charge >= 0.3 is 0 Å². The van der Waals surface area contributed by atoms with Gasteiger partial charge in [0, 0.05) is 25.5 Å². The average Bonchev–Trinajstić information content (AvgIpc) is 2.84. The zero-order valence-corrected chi connectivity index (χ0v) is 11.0. The van der Waals surface area contributed by atoms with Crippen LogP contribution in [0.25, 0.3) is 5.65 Å². The summed E-state index contributed by atoms with van der Waals surface area (Å²) in [5.41, 5.74) is 0.450. The fourth-order valence-corrected chi connectivity index (χ4v) is 2.17. The van der Waals surface area contributed by atoms with Gasteiger partial charge in [0.05, 0.1) is 5.60 Å². The molecule has 2 aromatic rings. The molecule has 0 aliphatic carbocycles. The van der Waals surface area contributed by atoms with Crippen molar-refractivity contribution in [1.29, 1.82) is 0 Å². The van der Waals surface area contributed by atoms with Gasteiger partial charge in [-0.1, -0.05) is 0 Å². The molecule has 1 unspecified atom stereocenters. The minimum absolute atomic E-state index is 0.00808. The predicted octanol–water partition coefficient (Wildman–Crippen LogP) is 0.270. The Morgan fingerprint density at radius 1 is 1.58 bits per heavy atom. The third kappa shape index (κ3) is 2.66. The molecular weight excluding hydrogens is 246 g/mol. The maximum atomic E-state index is 5.93. The number of ether oxygens (including phenoxy) is 2. The molecule has 7 nitrogen and oxygen atoms in total. The van der Waals surface area contributed by atoms with E-state index >= 15 is 0 Å². The number of aromatic nitrogens is 4. The molecule has 0 radical (unpaired) electrons. The number of morpholine rings is 1. The Kier molecular flexibility index (Phi) is 3.08. The summed E-state index contributed by atoms with van der Waals surface area (Å²) in [5.74, 6) is 0.479. The number of nitrogens with one attached hydrogen (secondary N) is 1. The van der Waals surface area contributed by atoms with Gasteiger partial charge in [0.25, 0.3) is 5.88 Å². The highest BCUT2D eigenvalue weighted by Gasteiger charge is 2.28. The fourth-order valence-electron chi connectivity index (χ4n) is 2.17. The average molecular weight is 263 g/mol. The van der Waals surface area contributed by atoms with Crippen LogP contribution < -0.4 is 10.1 Å². The van der Waals surface area contributed by atoms with Crippen LogP contribution in [0.15, 0.2) is 18.7 Å². The van der Waals surface area contributed by atoms with E-state index in [1.807, 2.05) is 0 Å². The van der Waals surface area contributed by atoms with Gasteiger partial charge < -0.3 is 14.8 Å². The molecule has 1 saturated heterocycles. The standard InChI is InChI=1S/C12H17N5O2/c1-12(2)7-13-5-9(19-12)6-18-11-10-16-15-8-17(10)4-3-14-11/h3-4,8-9,13H,5-7H2,1-2H3. The lowest BCUT2D eigenvalue weighted by atomic mass is 10.1. The number of fused-ring (bicyclic) bond motifs is 1. The van der Waals surface area contributed by atoms with Crippen molar-refractivity contribution < 1.29 is 9.47 Å². The van der Waals surface area contributed by atoms with E-state index < -0.39 is 0 Å². The van der Waals surface area contributed by atoms with Gasteiger partial charge in [-0.05, 0) is 13.8 Å². The maximum absolute atomic E-state index is 5.93. The second-order valence-electron chi connectivity index (χ2n) is 5.24. The van der Waals surface area contributed by atoms with E-state index in [1.54, 1.807) is 23.1 Å². The minimum atomic E-state index is -0.166. The van der Waals surface area contributed by atoms with Crippen LogP contribution in [0.5, 0.6) is 5.88 Å². The topological polar surface area (TPSA) is 73.6 Å². The zero-order valence-electron chi connectivity index (χ0n) is 11.0. The first-order valence-electron chi connectivity index (χ1n) is 6.30. The number of hydrogen-bond acceptors (Lipinski definition) is 6. The molecule has 3 rings (SSSR count). The van der Waals surface area contributed by atoms with E-state index in [9.17, 15) is 0 Å². The zero-order chi connectivity index (χ0) is 13.3. The van der Waals surface area contributed by atoms with Crippen molar-refractivity contribution in [2.75, 3.05) is 19.7 Å². The molecule has 0 spiro atoms. The molecule has 0 bridgehead atoms. The van der Waals surface area contributed by atoms with Crippen molar-refractivity contribution in [2.24, 2.45) is 0 Å². The highest BCUT2D eigenvalue weighted by atomic mass is 16.6. The van der Waals surface area contributed by atoms with Crippen LogP contribution >= 0.6 is 0 Å². The molecule has 1 aliphatic rings. The summed E-state index contributed by atoms with van der Waals surface area (Å²) in [6.07, 6.45) is 5.07. The first-order chi connectivity index (χ1) is 9.14. The third-order valence-corrected chi connectivity index (χ3v) is 3.00. The Balaban J connectivity index is 1.67. The van der Waals surface area contributed by atoms with Crippen LogP contribution in [-0.2, 0) is 4.74 Å². The van der Waals surface area contributed by atoms with Crippen LogP contribution in [0.3, 0.4) is 0 Å². The van der Waals surface area contributed by atoms with Crippen LogP contribution in [0.2, 0.25) is 0 Å². The summed E-state index contributed by atoms with van der Waals surface area (Å²) in [4.78, 5) is 4.18. The van der Waals surface area contributed by atoms with Crippen molar-refractivity contribution in [2.45, 2.75) is 25.6 Å². The summed E-state index contributed by atoms with van der Waals surface area (Å²) in [7, 11) is 0. The van der Waals surface area contributed by atoms with Gasteiger partial charge in [-0.25, -0.2) is 4.98 Å². The van der Waals surface area contributed by atoms with Gasteiger partial charge in [-0.2, -0.15) is 0 Å². The van der Waals surface area contributed by atoms with Crippen molar-refractivity contribution >= 4 is 5.65 Å². The van der Waals surface area contributed by atoms with Crippen LogP contribution in [0.4, 0.5) is 0 Å². The van der Waals surface area contributed by atoms with E-state index in [0.717, 1.165) is 13.1 Å². The Morgan fingerprint density at radius 3 is 3.32 bits per heavy atom. The van der Waals surface area contributed by atoms with Crippen molar-refractivity contribution in [3.05, 3.63) is 18.7 Å². The van der Waals surface area contributed by atoms with Gasteiger partial charge in [0.2, 0.25) is 5.65 Å². The van der Waals surface area contributed by atoms with E-state index in [-0.39, 0.29) is 11.7 Å². The van der Waals surface area contributed by atoms with E-state index in [4.69, 9.17) is 9.47 Å². The van der Waals surface area contributed by atoms with E-state index in [0.29, 0.717) is 18.1 Å². The normalized spacial score (nSPS) is 22.5. The Hall–Kier alpha value is -1.73. The summed E-state index contributed by atoms with van der Waals surface area (Å²) in [5, 5.41) is 11.1. The quantitative estimate of drug-likeness (QED) is 0.857. The Bertz CT molecular complexity index is 568. The second-order valence-corrected chi connectivity index (χ2v) is 5.24. The summed E-state index contributed by atoms with van der Waals surface area (Å²) in [6.45, 7) is 6.18. The smallest absolute Gasteiger partial charge is 0.260 e. The van der Waals surface area contributed by atoms with Crippen LogP contribution in [0.1, 0.15) is 13.8 Å². The van der Waals surface area contributed by atoms with Crippen molar-refractivity contribution in [3.8, 4) is 5.88 Å². The van der Waals surface area contributed by atoms with Crippen molar-refractivity contribution in [1.82, 2.24) is 24.9 Å². The molecule has 102 valence electrons. The Labute approximate surface area is 111 Å². The molecule has 0 amide bonds. The third-order valence-electron chi connectivity index (χ3n) is 3.00. The fraction of sp³-hybridized carbons (Fsp3) is 0.583. The summed E-state index contributed by atoms with van der Waals surface area (Å²) >= 11 is 0. The lowest BCUT2D eigenvalue weighted by Crippen LogP contribution is -2.52. The summed E-state index contributed by atoms with van der Waals surface area (Å²) in [6, 6.07) is 0. The van der Waals surface area contributed by atoms with E-state index in [1.165, 1.54) is 0 Å². The SMILES string of the molecule is CC1(C)CNCC(COc2nccn3cnnc23)O1. The monoisotopic (exact) mass is 263 g/mol. The molecule has 19 heavy (non-hydrogen) atoms. The molecule has 3 heterocycles. The number of nitrogens with zero attached hydrogens (tertiary/aromatic N) is 4. The minimum Gasteiger partial charge on any atom is -0.472 e. The predicted molar refractivity (Wildman–Crippen MR) is 68.1 cm³/mol. The molecule has 1 N–H and O–H groups in total. The van der Waals surface area contributed by atoms with Gasteiger partial charge in [0.1, 0.15) is 19.0 Å². The molecule has 7 heteroatoms. The molecule has 1 fully saturated rings. The van der Waals surface area contributed by atoms with Gasteiger partial charge in [0.15, 0.2) is 0 Å². The molecule has 1 aliphatic heterocycles. The molecule has 0 saturated carbocycles.